The summed E-state index contributed by atoms with van der Waals surface area (Å²) in [5, 5.41) is 36.0. The fraction of sp³-hybridized carbons (Fsp3) is 0.956. The van der Waals surface area contributed by atoms with E-state index in [0.29, 0.717) is 12.8 Å². The molecule has 0 amide bonds. The summed E-state index contributed by atoms with van der Waals surface area (Å²) in [6, 6.07) is 0. The molecule has 0 aliphatic heterocycles. The van der Waals surface area contributed by atoms with Gasteiger partial charge in [0.05, 0.1) is 18.6 Å². The third kappa shape index (κ3) is 46.8. The van der Waals surface area contributed by atoms with Crippen molar-refractivity contribution in [2.24, 2.45) is 5.92 Å². The maximum absolute atomic E-state index is 11.2. The first-order valence-corrected chi connectivity index (χ1v) is 22.6. The quantitative estimate of drug-likeness (QED) is 0.0466. The summed E-state index contributed by atoms with van der Waals surface area (Å²) in [6.07, 6.45) is 46.8. The zero-order chi connectivity index (χ0) is 37.9. The molecule has 0 radical (unpaired) electrons. The van der Waals surface area contributed by atoms with Crippen LogP contribution in [-0.4, -0.2) is 45.1 Å². The molecule has 0 spiro atoms. The summed E-state index contributed by atoms with van der Waals surface area (Å²) in [6.45, 7) is 4.19. The number of rotatable bonds is 41. The number of hydrogen-bond acceptors (Lipinski definition) is 4. The van der Waals surface area contributed by atoms with Gasteiger partial charge in [-0.15, -0.1) is 0 Å². The largest absolute Gasteiger partial charge is 0.481 e. The van der Waals surface area contributed by atoms with E-state index in [9.17, 15) is 14.7 Å². The van der Waals surface area contributed by atoms with Crippen molar-refractivity contribution in [3.63, 3.8) is 0 Å². The van der Waals surface area contributed by atoms with E-state index in [1.807, 2.05) is 0 Å². The summed E-state index contributed by atoms with van der Waals surface area (Å²) in [5.41, 5.74) is 0. The molecule has 6 nitrogen and oxygen atoms in total. The molecule has 0 heterocycles. The molecule has 51 heavy (non-hydrogen) atoms. The van der Waals surface area contributed by atoms with Gasteiger partial charge in [0, 0.05) is 6.42 Å². The molecule has 0 aliphatic rings. The van der Waals surface area contributed by atoms with Crippen LogP contribution in [0.1, 0.15) is 258 Å². The van der Waals surface area contributed by atoms with Crippen molar-refractivity contribution in [3.05, 3.63) is 0 Å². The zero-order valence-electron chi connectivity index (χ0n) is 34.3. The molecule has 0 saturated heterocycles. The van der Waals surface area contributed by atoms with Crippen molar-refractivity contribution in [2.75, 3.05) is 6.61 Å². The van der Waals surface area contributed by atoms with Gasteiger partial charge in [0.1, 0.15) is 0 Å². The van der Waals surface area contributed by atoms with Crippen LogP contribution in [-0.2, 0) is 9.59 Å². The number of aliphatic hydroxyl groups excluding tert-OH is 2. The fourth-order valence-corrected chi connectivity index (χ4v) is 7.04. The van der Waals surface area contributed by atoms with Crippen molar-refractivity contribution in [3.8, 4) is 0 Å². The van der Waals surface area contributed by atoms with E-state index in [1.54, 1.807) is 0 Å². The number of aliphatic carboxylic acids is 2. The molecule has 0 aromatic heterocycles. The summed E-state index contributed by atoms with van der Waals surface area (Å²) in [5.74, 6) is -2.04. The van der Waals surface area contributed by atoms with Crippen molar-refractivity contribution in [1.82, 2.24) is 0 Å². The predicted octanol–water partition coefficient (Wildman–Crippen LogP) is 14.0. The molecule has 4 N–H and O–H groups in total. The second kappa shape index (κ2) is 45.0. The zero-order valence-corrected chi connectivity index (χ0v) is 34.3. The van der Waals surface area contributed by atoms with Gasteiger partial charge in [-0.2, -0.15) is 0 Å². The highest BCUT2D eigenvalue weighted by Gasteiger charge is 2.20. The van der Waals surface area contributed by atoms with Crippen LogP contribution in [0.3, 0.4) is 0 Å². The average molecular weight is 727 g/mol. The Morgan fingerprint density at radius 1 is 0.412 bits per heavy atom. The van der Waals surface area contributed by atoms with E-state index in [1.165, 1.54) is 199 Å². The highest BCUT2D eigenvalue weighted by Crippen LogP contribution is 2.19. The van der Waals surface area contributed by atoms with Gasteiger partial charge in [-0.25, -0.2) is 0 Å². The number of carbonyl (C=O) groups is 2. The highest BCUT2D eigenvalue weighted by atomic mass is 16.4. The third-order valence-corrected chi connectivity index (χ3v) is 10.5. The molecule has 2 atom stereocenters. The van der Waals surface area contributed by atoms with E-state index < -0.39 is 24.0 Å². The van der Waals surface area contributed by atoms with Crippen molar-refractivity contribution < 1.29 is 30.0 Å². The van der Waals surface area contributed by atoms with E-state index in [-0.39, 0.29) is 13.0 Å². The molecule has 0 rings (SSSR count). The minimum absolute atomic E-state index is 0.158. The Balaban J connectivity index is 0. The summed E-state index contributed by atoms with van der Waals surface area (Å²) >= 11 is 0. The number of carboxylic acids is 2. The first kappa shape index (κ1) is 52.0. The number of hydrogen-bond donors (Lipinski definition) is 4. The van der Waals surface area contributed by atoms with Crippen molar-refractivity contribution >= 4 is 11.9 Å². The van der Waals surface area contributed by atoms with Crippen molar-refractivity contribution in [2.45, 2.75) is 264 Å². The molecular formula is C45H90O6. The summed E-state index contributed by atoms with van der Waals surface area (Å²) in [7, 11) is 0. The SMILES string of the molecule is CCCCCCCCCCCCCCCCCCCC(=O)O.CCCCCCCCCCCCCCCCCCCCC(CC(O)CO)C(=O)O. The second-order valence-corrected chi connectivity index (χ2v) is 15.7. The maximum Gasteiger partial charge on any atom is 0.306 e. The highest BCUT2D eigenvalue weighted by molar-refractivity contribution is 5.69. The molecule has 0 saturated carbocycles. The topological polar surface area (TPSA) is 115 Å². The van der Waals surface area contributed by atoms with Crippen LogP contribution in [0.25, 0.3) is 0 Å². The van der Waals surface area contributed by atoms with E-state index in [4.69, 9.17) is 15.3 Å². The number of unbranched alkanes of at least 4 members (excludes halogenated alkanes) is 33. The van der Waals surface area contributed by atoms with Crippen LogP contribution < -0.4 is 0 Å². The van der Waals surface area contributed by atoms with Crippen LogP contribution in [0.5, 0.6) is 0 Å². The van der Waals surface area contributed by atoms with Gasteiger partial charge >= 0.3 is 11.9 Å². The monoisotopic (exact) mass is 727 g/mol. The van der Waals surface area contributed by atoms with Crippen molar-refractivity contribution in [1.29, 1.82) is 0 Å². The van der Waals surface area contributed by atoms with E-state index in [2.05, 4.69) is 13.8 Å². The Bertz CT molecular complexity index is 684. The van der Waals surface area contributed by atoms with Gasteiger partial charge in [-0.1, -0.05) is 232 Å². The molecule has 6 heteroatoms. The average Bonchev–Trinajstić information content (AvgIpc) is 3.11. The molecule has 306 valence electrons. The smallest absolute Gasteiger partial charge is 0.306 e. The lowest BCUT2D eigenvalue weighted by molar-refractivity contribution is -0.143. The van der Waals surface area contributed by atoms with Crippen LogP contribution in [0.15, 0.2) is 0 Å². The minimum Gasteiger partial charge on any atom is -0.481 e. The minimum atomic E-state index is -0.911. The molecule has 0 aromatic carbocycles. The molecular weight excluding hydrogens is 636 g/mol. The first-order valence-electron chi connectivity index (χ1n) is 22.6. The Kier molecular flexibility index (Phi) is 45.9. The molecule has 0 bridgehead atoms. The van der Waals surface area contributed by atoms with Gasteiger partial charge in [-0.3, -0.25) is 9.59 Å². The van der Waals surface area contributed by atoms with Crippen LogP contribution in [0.4, 0.5) is 0 Å². The first-order chi connectivity index (χ1) is 24.9. The summed E-state index contributed by atoms with van der Waals surface area (Å²) in [4.78, 5) is 21.5. The van der Waals surface area contributed by atoms with Crippen LogP contribution in [0.2, 0.25) is 0 Å². The lowest BCUT2D eigenvalue weighted by Gasteiger charge is -2.15. The predicted molar refractivity (Wildman–Crippen MR) is 219 cm³/mol. The molecule has 0 fully saturated rings. The van der Waals surface area contributed by atoms with E-state index in [0.717, 1.165) is 25.7 Å². The Morgan fingerprint density at radius 3 is 0.902 bits per heavy atom. The fourth-order valence-electron chi connectivity index (χ4n) is 7.04. The Labute approximate surface area is 317 Å². The van der Waals surface area contributed by atoms with Gasteiger partial charge in [-0.05, 0) is 19.3 Å². The molecule has 0 aliphatic carbocycles. The van der Waals surface area contributed by atoms with E-state index >= 15 is 0 Å². The Morgan fingerprint density at radius 2 is 0.667 bits per heavy atom. The third-order valence-electron chi connectivity index (χ3n) is 10.5. The summed E-state index contributed by atoms with van der Waals surface area (Å²) < 4.78 is 0. The van der Waals surface area contributed by atoms with Gasteiger partial charge in [0.25, 0.3) is 0 Å². The van der Waals surface area contributed by atoms with Gasteiger partial charge in [0.15, 0.2) is 0 Å². The van der Waals surface area contributed by atoms with Gasteiger partial charge < -0.3 is 20.4 Å². The molecule has 0 aromatic rings. The van der Waals surface area contributed by atoms with Crippen LogP contribution >= 0.6 is 0 Å². The number of carboxylic acid groups (broad SMARTS) is 2. The maximum atomic E-state index is 11.2. The Hall–Kier alpha value is -1.14. The molecule has 2 unspecified atom stereocenters. The number of aliphatic hydroxyl groups is 2. The second-order valence-electron chi connectivity index (χ2n) is 15.7. The van der Waals surface area contributed by atoms with Crippen LogP contribution in [0, 0.1) is 5.92 Å². The standard InChI is InChI=1S/C25H50O4.C20H40O2/c1-2-3-4-5-6-7-8-9-10-11-12-13-14-15-16-17-18-19-20-23(25(28)29)21-24(27)22-26;1-2-3-4-5-6-7-8-9-10-11-12-13-14-15-16-17-18-19-20(21)22/h23-24,26-27H,2-22H2,1H3,(H,28,29);2-19H2,1H3,(H,21,22). The lowest BCUT2D eigenvalue weighted by Crippen LogP contribution is -2.23. The normalized spacial score (nSPS) is 12.4. The van der Waals surface area contributed by atoms with Gasteiger partial charge in [0.2, 0.25) is 0 Å². The lowest BCUT2D eigenvalue weighted by atomic mass is 9.94.